The summed E-state index contributed by atoms with van der Waals surface area (Å²) in [4.78, 5) is 0. The van der Waals surface area contributed by atoms with Gasteiger partial charge in [-0.2, -0.15) is 13.2 Å². The first kappa shape index (κ1) is 19.9. The van der Waals surface area contributed by atoms with E-state index in [4.69, 9.17) is 4.74 Å². The Kier molecular flexibility index (Phi) is 5.12. The molecule has 0 aromatic heterocycles. The highest BCUT2D eigenvalue weighted by atomic mass is 19.4. The number of hydrogen-bond acceptors (Lipinski definition) is 2. The van der Waals surface area contributed by atoms with Gasteiger partial charge in [-0.05, 0) is 48.6 Å². The van der Waals surface area contributed by atoms with Crippen LogP contribution in [0.1, 0.15) is 50.7 Å². The number of benzene rings is 2. The Hall–Kier alpha value is -1.85. The van der Waals surface area contributed by atoms with Crippen LogP contribution >= 0.6 is 0 Å². The zero-order valence-corrected chi connectivity index (χ0v) is 15.7. The van der Waals surface area contributed by atoms with Gasteiger partial charge >= 0.3 is 6.18 Å². The second-order valence-corrected chi connectivity index (χ2v) is 7.75. The average Bonchev–Trinajstić information content (AvgIpc) is 3.08. The van der Waals surface area contributed by atoms with Crippen LogP contribution in [0.5, 0.6) is 0 Å². The molecule has 146 valence electrons. The van der Waals surface area contributed by atoms with Crippen molar-refractivity contribution in [3.63, 3.8) is 0 Å². The van der Waals surface area contributed by atoms with Crippen molar-refractivity contribution in [2.24, 2.45) is 0 Å². The maximum Gasteiger partial charge on any atom is 0.419 e. The summed E-state index contributed by atoms with van der Waals surface area (Å²) in [7, 11) is 0. The molecule has 5 heteroatoms. The van der Waals surface area contributed by atoms with E-state index in [9.17, 15) is 18.3 Å². The third kappa shape index (κ3) is 3.63. The Labute approximate surface area is 157 Å². The molecule has 1 fully saturated rings. The molecule has 0 bridgehead atoms. The van der Waals surface area contributed by atoms with Crippen LogP contribution in [-0.4, -0.2) is 23.5 Å². The molecule has 27 heavy (non-hydrogen) atoms. The number of aliphatic hydroxyl groups is 1. The van der Waals surface area contributed by atoms with Crippen LogP contribution in [0.4, 0.5) is 13.2 Å². The summed E-state index contributed by atoms with van der Waals surface area (Å²) >= 11 is 0. The smallest absolute Gasteiger partial charge is 0.379 e. The summed E-state index contributed by atoms with van der Waals surface area (Å²) in [6.07, 6.45) is -1.71. The third-order valence-corrected chi connectivity index (χ3v) is 5.53. The summed E-state index contributed by atoms with van der Waals surface area (Å²) in [6, 6.07) is 11.7. The average molecular weight is 378 g/mol. The van der Waals surface area contributed by atoms with Crippen LogP contribution < -0.4 is 0 Å². The molecule has 0 radical (unpaired) electrons. The molecule has 1 aliphatic carbocycles. The normalized spacial score (nSPS) is 19.2. The van der Waals surface area contributed by atoms with E-state index in [1.165, 1.54) is 0 Å². The summed E-state index contributed by atoms with van der Waals surface area (Å²) < 4.78 is 45.2. The van der Waals surface area contributed by atoms with Crippen LogP contribution in [0.2, 0.25) is 0 Å². The van der Waals surface area contributed by atoms with Crippen molar-refractivity contribution < 1.29 is 23.0 Å². The number of alkyl halides is 3. The van der Waals surface area contributed by atoms with E-state index in [0.717, 1.165) is 47.2 Å². The number of ether oxygens (including phenoxy) is 1. The fraction of sp³-hybridized carbons (Fsp3) is 0.455. The molecule has 0 saturated heterocycles. The minimum Gasteiger partial charge on any atom is -0.379 e. The molecule has 1 aliphatic rings. The first-order valence-corrected chi connectivity index (χ1v) is 9.19. The molecule has 2 aromatic carbocycles. The first-order chi connectivity index (χ1) is 12.6. The minimum atomic E-state index is -4.74. The number of rotatable bonds is 5. The van der Waals surface area contributed by atoms with E-state index in [1.807, 2.05) is 43.3 Å². The molecule has 3 rings (SSSR count). The Balaban J connectivity index is 2.06. The molecule has 1 atom stereocenters. The van der Waals surface area contributed by atoms with Crippen molar-refractivity contribution in [3.05, 3.63) is 54.1 Å². The fourth-order valence-corrected chi connectivity index (χ4v) is 3.87. The molecule has 1 saturated carbocycles. The Morgan fingerprint density at radius 1 is 1.11 bits per heavy atom. The van der Waals surface area contributed by atoms with Crippen LogP contribution in [0.15, 0.2) is 43.0 Å². The summed E-state index contributed by atoms with van der Waals surface area (Å²) in [5.74, 6) is 0. The monoisotopic (exact) mass is 378 g/mol. The third-order valence-electron chi connectivity index (χ3n) is 5.53. The molecule has 1 N–H and O–H groups in total. The van der Waals surface area contributed by atoms with Crippen molar-refractivity contribution in [1.29, 1.82) is 0 Å². The first-order valence-electron chi connectivity index (χ1n) is 9.19. The lowest BCUT2D eigenvalue weighted by atomic mass is 9.85. The van der Waals surface area contributed by atoms with Crippen molar-refractivity contribution in [3.8, 4) is 0 Å². The molecule has 2 nitrogen and oxygen atoms in total. The summed E-state index contributed by atoms with van der Waals surface area (Å²) in [5.41, 5.74) is -0.860. The predicted molar refractivity (Wildman–Crippen MR) is 101 cm³/mol. The summed E-state index contributed by atoms with van der Waals surface area (Å²) in [6.45, 7) is 5.94. The van der Waals surface area contributed by atoms with Crippen molar-refractivity contribution in [2.75, 3.05) is 6.61 Å². The Morgan fingerprint density at radius 3 is 2.26 bits per heavy atom. The highest BCUT2D eigenvalue weighted by Crippen LogP contribution is 2.46. The van der Waals surface area contributed by atoms with Crippen LogP contribution in [0.25, 0.3) is 16.3 Å². The van der Waals surface area contributed by atoms with Gasteiger partial charge in [0.25, 0.3) is 0 Å². The van der Waals surface area contributed by atoms with Gasteiger partial charge in [0, 0.05) is 0 Å². The SMILES string of the molecule is C=C(C)c1ccc(C2(OCC(C)(O)C(F)(F)F)CCCC2)c2ccccc12. The largest absolute Gasteiger partial charge is 0.419 e. The van der Waals surface area contributed by atoms with E-state index < -0.39 is 24.0 Å². The molecule has 0 spiro atoms. The van der Waals surface area contributed by atoms with Gasteiger partial charge in [-0.3, -0.25) is 0 Å². The van der Waals surface area contributed by atoms with Gasteiger partial charge in [0.2, 0.25) is 0 Å². The van der Waals surface area contributed by atoms with E-state index in [-0.39, 0.29) is 0 Å². The van der Waals surface area contributed by atoms with Gasteiger partial charge < -0.3 is 9.84 Å². The second kappa shape index (κ2) is 6.95. The zero-order chi connectivity index (χ0) is 19.9. The van der Waals surface area contributed by atoms with E-state index in [1.54, 1.807) is 0 Å². The lowest BCUT2D eigenvalue weighted by Gasteiger charge is -2.35. The Bertz CT molecular complexity index is 846. The van der Waals surface area contributed by atoms with Gasteiger partial charge in [0.1, 0.15) is 0 Å². The minimum absolute atomic E-state index is 0.636. The fourth-order valence-electron chi connectivity index (χ4n) is 3.87. The van der Waals surface area contributed by atoms with Gasteiger partial charge in [-0.25, -0.2) is 0 Å². The van der Waals surface area contributed by atoms with E-state index in [0.29, 0.717) is 12.8 Å². The molecule has 1 unspecified atom stereocenters. The number of hydrogen-bond donors (Lipinski definition) is 1. The van der Waals surface area contributed by atoms with Gasteiger partial charge in [0.05, 0.1) is 12.2 Å². The van der Waals surface area contributed by atoms with E-state index >= 15 is 0 Å². The van der Waals surface area contributed by atoms with Gasteiger partial charge in [-0.1, -0.05) is 61.4 Å². The van der Waals surface area contributed by atoms with Gasteiger partial charge in [-0.15, -0.1) is 0 Å². The van der Waals surface area contributed by atoms with Crippen molar-refractivity contribution >= 4 is 16.3 Å². The zero-order valence-electron chi connectivity index (χ0n) is 15.7. The quantitative estimate of drug-likeness (QED) is 0.694. The standard InChI is InChI=1S/C22H25F3O2/c1-15(2)16-10-11-19(18-9-5-4-8-17(16)18)21(12-6-7-13-21)27-14-20(3,26)22(23,24)25/h4-5,8-11,26H,1,6-7,12-14H2,2-3H3. The number of allylic oxidation sites excluding steroid dienone is 1. The van der Waals surface area contributed by atoms with Crippen LogP contribution in [0, 0.1) is 0 Å². The van der Waals surface area contributed by atoms with Crippen LogP contribution in [-0.2, 0) is 10.3 Å². The van der Waals surface area contributed by atoms with Crippen molar-refractivity contribution in [1.82, 2.24) is 0 Å². The molecular weight excluding hydrogens is 353 g/mol. The van der Waals surface area contributed by atoms with E-state index in [2.05, 4.69) is 6.58 Å². The Morgan fingerprint density at radius 2 is 1.70 bits per heavy atom. The maximum absolute atomic E-state index is 13.1. The highest BCUT2D eigenvalue weighted by molar-refractivity contribution is 5.95. The van der Waals surface area contributed by atoms with Crippen molar-refractivity contribution in [2.45, 2.75) is 56.9 Å². The molecule has 2 aromatic rings. The second-order valence-electron chi connectivity index (χ2n) is 7.75. The maximum atomic E-state index is 13.1. The lowest BCUT2D eigenvalue weighted by Crippen LogP contribution is -2.48. The highest BCUT2D eigenvalue weighted by Gasteiger charge is 2.52. The number of halogens is 3. The molecule has 0 aliphatic heterocycles. The summed E-state index contributed by atoms with van der Waals surface area (Å²) in [5, 5.41) is 11.8. The molecule has 0 heterocycles. The topological polar surface area (TPSA) is 29.5 Å². The lowest BCUT2D eigenvalue weighted by molar-refractivity contribution is -0.277. The predicted octanol–water partition coefficient (Wildman–Crippen LogP) is 5.97. The van der Waals surface area contributed by atoms with Gasteiger partial charge in [0.15, 0.2) is 5.60 Å². The molecular formula is C22H25F3O2. The number of fused-ring (bicyclic) bond motifs is 1. The molecule has 0 amide bonds. The van der Waals surface area contributed by atoms with Crippen LogP contribution in [0.3, 0.4) is 0 Å².